The number of nitrogens with zero attached hydrogens (tertiary/aromatic N) is 2. The standard InChI is InChI=1S/C23H25N3O/c1-15-12-16(2)22(17(3)13-15)14-24-25-23(27)20-8-10-21(11-9-20)26-18(4)6-7-19(26)5/h6-14H,1-5H3,(H,25,27)/b24-14-. The molecule has 1 heterocycles. The van der Waals surface area contributed by atoms with Crippen molar-refractivity contribution in [2.75, 3.05) is 0 Å². The number of rotatable bonds is 4. The van der Waals surface area contributed by atoms with E-state index in [0.29, 0.717) is 5.56 Å². The Morgan fingerprint density at radius 2 is 1.44 bits per heavy atom. The first-order valence-corrected chi connectivity index (χ1v) is 9.03. The van der Waals surface area contributed by atoms with Gasteiger partial charge in [-0.05, 0) is 82.1 Å². The van der Waals surface area contributed by atoms with Gasteiger partial charge in [-0.15, -0.1) is 0 Å². The largest absolute Gasteiger partial charge is 0.319 e. The molecule has 0 aliphatic carbocycles. The van der Waals surface area contributed by atoms with Crippen molar-refractivity contribution >= 4 is 12.1 Å². The summed E-state index contributed by atoms with van der Waals surface area (Å²) in [5.74, 6) is -0.221. The second kappa shape index (κ2) is 7.62. The number of carbonyl (C=O) groups excluding carboxylic acids is 1. The van der Waals surface area contributed by atoms with Crippen LogP contribution in [-0.4, -0.2) is 16.7 Å². The average molecular weight is 359 g/mol. The molecule has 2 aromatic carbocycles. The van der Waals surface area contributed by atoms with E-state index >= 15 is 0 Å². The molecule has 27 heavy (non-hydrogen) atoms. The first-order chi connectivity index (χ1) is 12.9. The first kappa shape index (κ1) is 18.6. The first-order valence-electron chi connectivity index (χ1n) is 9.03. The number of aryl methyl sites for hydroxylation is 5. The zero-order chi connectivity index (χ0) is 19.6. The minimum Gasteiger partial charge on any atom is -0.319 e. The topological polar surface area (TPSA) is 46.4 Å². The van der Waals surface area contributed by atoms with E-state index in [0.717, 1.165) is 33.8 Å². The number of aromatic nitrogens is 1. The molecular formula is C23H25N3O. The Bertz CT molecular complexity index is 968. The summed E-state index contributed by atoms with van der Waals surface area (Å²) in [4.78, 5) is 12.4. The fourth-order valence-corrected chi connectivity index (χ4v) is 3.45. The van der Waals surface area contributed by atoms with Gasteiger partial charge in [-0.3, -0.25) is 4.79 Å². The molecule has 0 saturated heterocycles. The molecule has 0 saturated carbocycles. The van der Waals surface area contributed by atoms with Crippen molar-refractivity contribution < 1.29 is 4.79 Å². The van der Waals surface area contributed by atoms with Crippen LogP contribution in [-0.2, 0) is 0 Å². The zero-order valence-electron chi connectivity index (χ0n) is 16.5. The molecule has 3 rings (SSSR count). The van der Waals surface area contributed by atoms with Crippen molar-refractivity contribution in [3.05, 3.63) is 87.7 Å². The van der Waals surface area contributed by atoms with Gasteiger partial charge in [0.25, 0.3) is 5.91 Å². The van der Waals surface area contributed by atoms with Gasteiger partial charge in [-0.2, -0.15) is 5.10 Å². The third-order valence-corrected chi connectivity index (χ3v) is 4.76. The molecule has 0 unspecified atom stereocenters. The van der Waals surface area contributed by atoms with Gasteiger partial charge in [0.2, 0.25) is 0 Å². The molecule has 4 nitrogen and oxygen atoms in total. The van der Waals surface area contributed by atoms with Crippen LogP contribution in [0.4, 0.5) is 0 Å². The summed E-state index contributed by atoms with van der Waals surface area (Å²) in [5, 5.41) is 4.14. The van der Waals surface area contributed by atoms with Gasteiger partial charge < -0.3 is 4.57 Å². The van der Waals surface area contributed by atoms with Crippen LogP contribution in [0.1, 0.15) is 44.0 Å². The van der Waals surface area contributed by atoms with E-state index in [1.807, 2.05) is 38.1 Å². The quantitative estimate of drug-likeness (QED) is 0.529. The Labute approximate surface area is 160 Å². The second-order valence-electron chi connectivity index (χ2n) is 7.01. The van der Waals surface area contributed by atoms with Gasteiger partial charge in [0, 0.05) is 28.2 Å². The van der Waals surface area contributed by atoms with Crippen LogP contribution in [0.5, 0.6) is 0 Å². The number of nitrogens with one attached hydrogen (secondary N) is 1. The molecule has 0 bridgehead atoms. The van der Waals surface area contributed by atoms with E-state index < -0.39 is 0 Å². The summed E-state index contributed by atoms with van der Waals surface area (Å²) < 4.78 is 2.16. The maximum atomic E-state index is 12.4. The van der Waals surface area contributed by atoms with E-state index in [1.54, 1.807) is 6.21 Å². The fourth-order valence-electron chi connectivity index (χ4n) is 3.45. The van der Waals surface area contributed by atoms with Crippen LogP contribution in [0, 0.1) is 34.6 Å². The third-order valence-electron chi connectivity index (χ3n) is 4.76. The van der Waals surface area contributed by atoms with Gasteiger partial charge >= 0.3 is 0 Å². The predicted octanol–water partition coefficient (Wildman–Crippen LogP) is 4.78. The Balaban J connectivity index is 1.72. The minimum atomic E-state index is -0.221. The molecule has 0 aliphatic rings. The smallest absolute Gasteiger partial charge is 0.271 e. The third kappa shape index (κ3) is 4.00. The summed E-state index contributed by atoms with van der Waals surface area (Å²) in [6.45, 7) is 10.3. The van der Waals surface area contributed by atoms with Crippen molar-refractivity contribution in [2.45, 2.75) is 34.6 Å². The molecule has 4 heteroatoms. The normalized spacial score (nSPS) is 11.1. The zero-order valence-corrected chi connectivity index (χ0v) is 16.5. The minimum absolute atomic E-state index is 0.221. The van der Waals surface area contributed by atoms with Crippen LogP contribution in [0.3, 0.4) is 0 Å². The number of hydrogen-bond acceptors (Lipinski definition) is 2. The Morgan fingerprint density at radius 1 is 0.889 bits per heavy atom. The number of carbonyl (C=O) groups is 1. The number of hydrogen-bond donors (Lipinski definition) is 1. The summed E-state index contributed by atoms with van der Waals surface area (Å²) in [6, 6.07) is 15.9. The second-order valence-corrected chi connectivity index (χ2v) is 7.01. The van der Waals surface area contributed by atoms with Crippen molar-refractivity contribution in [2.24, 2.45) is 5.10 Å². The lowest BCUT2D eigenvalue weighted by Crippen LogP contribution is -2.17. The van der Waals surface area contributed by atoms with E-state index in [-0.39, 0.29) is 5.91 Å². The van der Waals surface area contributed by atoms with Crippen molar-refractivity contribution in [1.29, 1.82) is 0 Å². The summed E-state index contributed by atoms with van der Waals surface area (Å²) in [6.07, 6.45) is 1.71. The lowest BCUT2D eigenvalue weighted by atomic mass is 10.0. The van der Waals surface area contributed by atoms with E-state index in [1.165, 1.54) is 5.56 Å². The van der Waals surface area contributed by atoms with E-state index in [4.69, 9.17) is 0 Å². The van der Waals surface area contributed by atoms with Gasteiger partial charge in [0.15, 0.2) is 0 Å². The van der Waals surface area contributed by atoms with E-state index in [2.05, 4.69) is 60.1 Å². The summed E-state index contributed by atoms with van der Waals surface area (Å²) in [7, 11) is 0. The van der Waals surface area contributed by atoms with Gasteiger partial charge in [0.05, 0.1) is 6.21 Å². The van der Waals surface area contributed by atoms with Crippen LogP contribution in [0.25, 0.3) is 5.69 Å². The van der Waals surface area contributed by atoms with Gasteiger partial charge in [-0.25, -0.2) is 5.43 Å². The number of benzene rings is 2. The van der Waals surface area contributed by atoms with E-state index in [9.17, 15) is 4.79 Å². The molecule has 0 fully saturated rings. The van der Waals surface area contributed by atoms with Crippen LogP contribution in [0.15, 0.2) is 53.6 Å². The Hall–Kier alpha value is -3.14. The monoisotopic (exact) mass is 359 g/mol. The highest BCUT2D eigenvalue weighted by Crippen LogP contribution is 2.17. The highest BCUT2D eigenvalue weighted by Gasteiger charge is 2.07. The van der Waals surface area contributed by atoms with Crippen LogP contribution >= 0.6 is 0 Å². The molecule has 3 aromatic rings. The lowest BCUT2D eigenvalue weighted by molar-refractivity contribution is 0.0955. The fraction of sp³-hybridized carbons (Fsp3) is 0.217. The molecule has 0 spiro atoms. The van der Waals surface area contributed by atoms with Gasteiger partial charge in [0.1, 0.15) is 0 Å². The maximum absolute atomic E-state index is 12.4. The summed E-state index contributed by atoms with van der Waals surface area (Å²) in [5.41, 5.74) is 11.1. The Kier molecular flexibility index (Phi) is 5.26. The van der Waals surface area contributed by atoms with Crippen molar-refractivity contribution in [3.8, 4) is 5.69 Å². The highest BCUT2D eigenvalue weighted by atomic mass is 16.2. The van der Waals surface area contributed by atoms with Crippen molar-refractivity contribution in [3.63, 3.8) is 0 Å². The lowest BCUT2D eigenvalue weighted by Gasteiger charge is -2.10. The molecule has 1 N–H and O–H groups in total. The summed E-state index contributed by atoms with van der Waals surface area (Å²) >= 11 is 0. The molecule has 0 aliphatic heterocycles. The molecule has 1 amide bonds. The Morgan fingerprint density at radius 3 is 2.00 bits per heavy atom. The van der Waals surface area contributed by atoms with Crippen LogP contribution < -0.4 is 5.43 Å². The van der Waals surface area contributed by atoms with Crippen molar-refractivity contribution in [1.82, 2.24) is 9.99 Å². The molecular weight excluding hydrogens is 334 g/mol. The highest BCUT2D eigenvalue weighted by molar-refractivity contribution is 5.95. The molecule has 0 radical (unpaired) electrons. The molecule has 0 atom stereocenters. The molecule has 138 valence electrons. The van der Waals surface area contributed by atoms with Crippen LogP contribution in [0.2, 0.25) is 0 Å². The number of amides is 1. The average Bonchev–Trinajstić information content (AvgIpc) is 2.95. The maximum Gasteiger partial charge on any atom is 0.271 e. The molecule has 1 aromatic heterocycles. The SMILES string of the molecule is Cc1cc(C)c(/C=N\NC(=O)c2ccc(-n3c(C)ccc3C)cc2)c(C)c1. The predicted molar refractivity (Wildman–Crippen MR) is 111 cm³/mol. The van der Waals surface area contributed by atoms with Gasteiger partial charge in [-0.1, -0.05) is 17.7 Å². The number of hydrazone groups is 1.